The molecule has 0 aliphatic heterocycles. The van der Waals surface area contributed by atoms with Crippen LogP contribution in [0.25, 0.3) is 11.1 Å². The fourth-order valence-corrected chi connectivity index (χ4v) is 3.97. The molecule has 0 spiro atoms. The van der Waals surface area contributed by atoms with Crippen molar-refractivity contribution in [1.82, 2.24) is 19.7 Å². The summed E-state index contributed by atoms with van der Waals surface area (Å²) in [5.74, 6) is 0.520. The van der Waals surface area contributed by atoms with Crippen molar-refractivity contribution in [2.45, 2.75) is 26.3 Å². The van der Waals surface area contributed by atoms with Crippen LogP contribution in [-0.2, 0) is 21.2 Å². The molecule has 0 saturated heterocycles. The van der Waals surface area contributed by atoms with Gasteiger partial charge in [-0.2, -0.15) is 5.10 Å². The Morgan fingerprint density at radius 3 is 2.83 bits per heavy atom. The molecular formula is C25H28N6O4S. The van der Waals surface area contributed by atoms with Gasteiger partial charge in [0.25, 0.3) is 0 Å². The summed E-state index contributed by atoms with van der Waals surface area (Å²) in [5, 5.41) is 7.03. The Hall–Kier alpha value is -4.25. The van der Waals surface area contributed by atoms with E-state index in [4.69, 9.17) is 10.5 Å². The molecule has 10 nitrogen and oxygen atoms in total. The SMILES string of the molecule is C=CC(=O)Nc1cccc(Oc2ncnc(N)c2-c2cnn(CC/C=C(\C=C/CC)S(C)(=O)=O)c2)c1. The van der Waals surface area contributed by atoms with Crippen LogP contribution in [0.4, 0.5) is 11.5 Å². The summed E-state index contributed by atoms with van der Waals surface area (Å²) in [4.78, 5) is 20.2. The lowest BCUT2D eigenvalue weighted by Crippen LogP contribution is -2.07. The maximum absolute atomic E-state index is 12.0. The van der Waals surface area contributed by atoms with Crippen molar-refractivity contribution in [2.24, 2.45) is 0 Å². The number of nitrogens with zero attached hydrogens (tertiary/aromatic N) is 4. The molecule has 1 amide bonds. The Kier molecular flexibility index (Phi) is 8.74. The number of sulfone groups is 1. The number of anilines is 2. The number of nitrogens with two attached hydrogens (primary N) is 1. The molecule has 0 aliphatic carbocycles. The van der Waals surface area contributed by atoms with Gasteiger partial charge in [0.1, 0.15) is 17.9 Å². The second-order valence-electron chi connectivity index (χ2n) is 7.73. The van der Waals surface area contributed by atoms with Crippen LogP contribution in [0.1, 0.15) is 19.8 Å². The van der Waals surface area contributed by atoms with Crippen LogP contribution in [0.5, 0.6) is 11.6 Å². The summed E-state index contributed by atoms with van der Waals surface area (Å²) >= 11 is 0. The Labute approximate surface area is 210 Å². The van der Waals surface area contributed by atoms with Crippen LogP contribution in [0, 0.1) is 0 Å². The summed E-state index contributed by atoms with van der Waals surface area (Å²) in [6.07, 6.45) is 13.3. The van der Waals surface area contributed by atoms with E-state index in [9.17, 15) is 13.2 Å². The molecule has 188 valence electrons. The zero-order valence-corrected chi connectivity index (χ0v) is 20.9. The molecule has 3 N–H and O–H groups in total. The van der Waals surface area contributed by atoms with Crippen LogP contribution < -0.4 is 15.8 Å². The molecule has 36 heavy (non-hydrogen) atoms. The minimum Gasteiger partial charge on any atom is -0.438 e. The highest BCUT2D eigenvalue weighted by Crippen LogP contribution is 2.35. The summed E-state index contributed by atoms with van der Waals surface area (Å²) < 4.78 is 31.6. The van der Waals surface area contributed by atoms with Gasteiger partial charge in [0.15, 0.2) is 9.84 Å². The third kappa shape index (κ3) is 7.12. The minimum absolute atomic E-state index is 0.208. The zero-order chi connectivity index (χ0) is 26.1. The molecule has 2 heterocycles. The van der Waals surface area contributed by atoms with Gasteiger partial charge in [-0.15, -0.1) is 0 Å². The monoisotopic (exact) mass is 508 g/mol. The number of benzene rings is 1. The van der Waals surface area contributed by atoms with Crippen molar-refractivity contribution >= 4 is 27.2 Å². The Morgan fingerprint density at radius 1 is 1.31 bits per heavy atom. The van der Waals surface area contributed by atoms with E-state index in [2.05, 4.69) is 27.0 Å². The number of carbonyl (C=O) groups is 1. The van der Waals surface area contributed by atoms with Gasteiger partial charge in [0.05, 0.1) is 16.7 Å². The molecule has 0 unspecified atom stereocenters. The Bertz CT molecular complexity index is 1410. The number of rotatable bonds is 11. The number of amides is 1. The normalized spacial score (nSPS) is 12.0. The molecule has 3 aromatic rings. The molecule has 11 heteroatoms. The third-order valence-electron chi connectivity index (χ3n) is 4.91. The first kappa shape index (κ1) is 26.4. The van der Waals surface area contributed by atoms with E-state index in [1.165, 1.54) is 18.7 Å². The minimum atomic E-state index is -3.31. The molecule has 0 aliphatic rings. The predicted octanol–water partition coefficient (Wildman–Crippen LogP) is 4.12. The van der Waals surface area contributed by atoms with E-state index in [1.54, 1.807) is 53.5 Å². The van der Waals surface area contributed by atoms with Crippen molar-refractivity contribution in [3.05, 3.63) is 78.8 Å². The van der Waals surface area contributed by atoms with Gasteiger partial charge in [-0.05, 0) is 37.1 Å². The molecule has 0 radical (unpaired) electrons. The molecule has 3 rings (SSSR count). The van der Waals surface area contributed by atoms with E-state index in [1.807, 2.05) is 13.0 Å². The average molecular weight is 509 g/mol. The number of hydrogen-bond donors (Lipinski definition) is 2. The van der Waals surface area contributed by atoms with Gasteiger partial charge in [-0.3, -0.25) is 9.48 Å². The van der Waals surface area contributed by atoms with E-state index >= 15 is 0 Å². The second-order valence-corrected chi connectivity index (χ2v) is 9.75. The van der Waals surface area contributed by atoms with Crippen LogP contribution in [0.3, 0.4) is 0 Å². The molecule has 0 saturated carbocycles. The van der Waals surface area contributed by atoms with Gasteiger partial charge >= 0.3 is 0 Å². The lowest BCUT2D eigenvalue weighted by molar-refractivity contribution is -0.111. The van der Waals surface area contributed by atoms with E-state index in [0.29, 0.717) is 35.5 Å². The van der Waals surface area contributed by atoms with E-state index in [0.717, 1.165) is 6.42 Å². The summed E-state index contributed by atoms with van der Waals surface area (Å²) in [6.45, 7) is 5.83. The lowest BCUT2D eigenvalue weighted by Gasteiger charge is -2.11. The van der Waals surface area contributed by atoms with Gasteiger partial charge in [0.2, 0.25) is 11.8 Å². The fraction of sp³-hybridized carbons (Fsp3) is 0.200. The largest absolute Gasteiger partial charge is 0.438 e. The van der Waals surface area contributed by atoms with Gasteiger partial charge in [0, 0.05) is 36.3 Å². The number of carbonyl (C=O) groups excluding carboxylic acids is 1. The van der Waals surface area contributed by atoms with Crippen LogP contribution in [-0.4, -0.2) is 40.3 Å². The third-order valence-corrected chi connectivity index (χ3v) is 6.07. The second kappa shape index (κ2) is 11.9. The molecule has 2 aromatic heterocycles. The maximum atomic E-state index is 12.0. The number of hydrogen-bond acceptors (Lipinski definition) is 8. The first-order chi connectivity index (χ1) is 17.2. The topological polar surface area (TPSA) is 142 Å². The van der Waals surface area contributed by atoms with Crippen molar-refractivity contribution in [2.75, 3.05) is 17.3 Å². The molecule has 0 fully saturated rings. The van der Waals surface area contributed by atoms with E-state index < -0.39 is 9.84 Å². The summed E-state index contributed by atoms with van der Waals surface area (Å²) in [5.41, 5.74) is 7.77. The highest BCUT2D eigenvalue weighted by molar-refractivity contribution is 7.94. The van der Waals surface area contributed by atoms with Crippen LogP contribution in [0.15, 0.2) is 78.8 Å². The number of aromatic nitrogens is 4. The standard InChI is InChI=1S/C25H28N6O4S/c1-4-6-11-21(36(3,33)34)12-8-13-31-16-18(15-29-31)23-24(26)27-17-28-25(23)35-20-10-7-9-19(14-20)30-22(32)5-2/h5-7,9-12,14-17H,2,4,8,13H2,1,3H3,(H,30,32)(H2,26,27,28)/b11-6-,21-12+. The van der Waals surface area contributed by atoms with Crippen molar-refractivity contribution < 1.29 is 17.9 Å². The molecule has 0 atom stereocenters. The number of nitrogen functional groups attached to an aromatic ring is 1. The Balaban J connectivity index is 1.81. The fourth-order valence-electron chi connectivity index (χ4n) is 3.20. The molecule has 1 aromatic carbocycles. The first-order valence-corrected chi connectivity index (χ1v) is 13.0. The number of nitrogens with one attached hydrogen (secondary N) is 1. The number of allylic oxidation sites excluding steroid dienone is 3. The zero-order valence-electron chi connectivity index (χ0n) is 20.1. The first-order valence-electron chi connectivity index (χ1n) is 11.1. The highest BCUT2D eigenvalue weighted by atomic mass is 32.2. The summed E-state index contributed by atoms with van der Waals surface area (Å²) in [7, 11) is -3.31. The average Bonchev–Trinajstić information content (AvgIpc) is 3.29. The van der Waals surface area contributed by atoms with E-state index in [-0.39, 0.29) is 22.5 Å². The maximum Gasteiger partial charge on any atom is 0.247 e. The van der Waals surface area contributed by atoms with Crippen LogP contribution in [0.2, 0.25) is 0 Å². The lowest BCUT2D eigenvalue weighted by atomic mass is 10.1. The summed E-state index contributed by atoms with van der Waals surface area (Å²) in [6, 6.07) is 6.80. The number of aryl methyl sites for hydroxylation is 1. The quantitative estimate of drug-likeness (QED) is 0.291. The van der Waals surface area contributed by atoms with Gasteiger partial charge < -0.3 is 15.8 Å². The van der Waals surface area contributed by atoms with Gasteiger partial charge in [-0.1, -0.05) is 31.7 Å². The number of ether oxygens (including phenoxy) is 1. The van der Waals surface area contributed by atoms with Gasteiger partial charge in [-0.25, -0.2) is 18.4 Å². The van der Waals surface area contributed by atoms with Crippen molar-refractivity contribution in [3.8, 4) is 22.8 Å². The van der Waals surface area contributed by atoms with Crippen molar-refractivity contribution in [1.29, 1.82) is 0 Å². The smallest absolute Gasteiger partial charge is 0.247 e. The predicted molar refractivity (Wildman–Crippen MR) is 140 cm³/mol. The molecule has 0 bridgehead atoms. The van der Waals surface area contributed by atoms with Crippen molar-refractivity contribution in [3.63, 3.8) is 0 Å². The Morgan fingerprint density at radius 2 is 2.11 bits per heavy atom. The molecular weight excluding hydrogens is 480 g/mol. The highest BCUT2D eigenvalue weighted by Gasteiger charge is 2.16. The van der Waals surface area contributed by atoms with Crippen LogP contribution >= 0.6 is 0 Å².